The standard InChI is InChI=1S/C18H14Cl3N3O3S/c19-13-3-1-12(2-4-13)16-7-8-18(25)24(23-16)10-9-22-28(26,27)17-11-14(20)5-6-15(17)21/h1-8,11,22H,9-10H2. The van der Waals surface area contributed by atoms with Gasteiger partial charge in [-0.05, 0) is 36.4 Å². The molecule has 0 saturated heterocycles. The number of halogens is 3. The van der Waals surface area contributed by atoms with E-state index in [9.17, 15) is 13.2 Å². The third-order valence-corrected chi connectivity index (χ3v) is 6.23. The molecule has 0 atom stereocenters. The third kappa shape index (κ3) is 4.92. The highest BCUT2D eigenvalue weighted by atomic mass is 35.5. The minimum absolute atomic E-state index is 0.0394. The first-order valence-corrected chi connectivity index (χ1v) is 10.7. The average Bonchev–Trinajstić information content (AvgIpc) is 2.66. The molecule has 1 aromatic heterocycles. The van der Waals surface area contributed by atoms with Gasteiger partial charge in [-0.2, -0.15) is 5.10 Å². The van der Waals surface area contributed by atoms with Gasteiger partial charge in [-0.3, -0.25) is 4.79 Å². The maximum atomic E-state index is 12.4. The largest absolute Gasteiger partial charge is 0.268 e. The van der Waals surface area contributed by atoms with Gasteiger partial charge in [0.2, 0.25) is 10.0 Å². The number of hydrogen-bond acceptors (Lipinski definition) is 4. The summed E-state index contributed by atoms with van der Waals surface area (Å²) in [5.74, 6) is 0. The molecule has 0 bridgehead atoms. The molecule has 10 heteroatoms. The van der Waals surface area contributed by atoms with Gasteiger partial charge in [0.05, 0.1) is 17.3 Å². The van der Waals surface area contributed by atoms with E-state index in [0.717, 1.165) is 5.56 Å². The van der Waals surface area contributed by atoms with Gasteiger partial charge in [0.15, 0.2) is 0 Å². The van der Waals surface area contributed by atoms with Crippen LogP contribution in [0.1, 0.15) is 0 Å². The summed E-state index contributed by atoms with van der Waals surface area (Å²) in [7, 11) is -3.89. The lowest BCUT2D eigenvalue weighted by Gasteiger charge is -2.10. The third-order valence-electron chi connectivity index (χ3n) is 3.81. The van der Waals surface area contributed by atoms with E-state index >= 15 is 0 Å². The summed E-state index contributed by atoms with van der Waals surface area (Å²) in [6.45, 7) is -0.0141. The number of aromatic nitrogens is 2. The summed E-state index contributed by atoms with van der Waals surface area (Å²) in [4.78, 5) is 11.9. The number of nitrogens with one attached hydrogen (secondary N) is 1. The second kappa shape index (κ2) is 8.63. The molecule has 0 spiro atoms. The quantitative estimate of drug-likeness (QED) is 0.608. The molecule has 0 aliphatic heterocycles. The fraction of sp³-hybridized carbons (Fsp3) is 0.111. The van der Waals surface area contributed by atoms with Gasteiger partial charge in [-0.1, -0.05) is 46.9 Å². The molecule has 3 rings (SSSR count). The second-order valence-corrected chi connectivity index (χ2v) is 8.77. The van der Waals surface area contributed by atoms with Crippen LogP contribution in [-0.4, -0.2) is 24.7 Å². The molecule has 6 nitrogen and oxygen atoms in total. The van der Waals surface area contributed by atoms with Crippen LogP contribution >= 0.6 is 34.8 Å². The lowest BCUT2D eigenvalue weighted by Crippen LogP contribution is -2.32. The van der Waals surface area contributed by atoms with Crippen LogP contribution in [0.5, 0.6) is 0 Å². The highest BCUT2D eigenvalue weighted by Crippen LogP contribution is 2.24. The molecule has 0 unspecified atom stereocenters. The summed E-state index contributed by atoms with van der Waals surface area (Å²) < 4.78 is 28.4. The Morgan fingerprint density at radius 3 is 2.32 bits per heavy atom. The van der Waals surface area contributed by atoms with Crippen LogP contribution in [0.2, 0.25) is 15.1 Å². The molecule has 0 amide bonds. The molecule has 146 valence electrons. The van der Waals surface area contributed by atoms with Gasteiger partial charge in [0, 0.05) is 28.2 Å². The van der Waals surface area contributed by atoms with Gasteiger partial charge in [0.1, 0.15) is 4.90 Å². The molecule has 0 radical (unpaired) electrons. The van der Waals surface area contributed by atoms with Crippen LogP contribution in [0.4, 0.5) is 0 Å². The lowest BCUT2D eigenvalue weighted by molar-refractivity contribution is 0.549. The first-order chi connectivity index (χ1) is 13.3. The van der Waals surface area contributed by atoms with Crippen LogP contribution in [0.15, 0.2) is 64.3 Å². The Morgan fingerprint density at radius 1 is 0.929 bits per heavy atom. The molecule has 28 heavy (non-hydrogen) atoms. The van der Waals surface area contributed by atoms with Crippen LogP contribution in [0.3, 0.4) is 0 Å². The second-order valence-electron chi connectivity index (χ2n) is 5.76. The van der Waals surface area contributed by atoms with Gasteiger partial charge < -0.3 is 0 Å². The predicted molar refractivity (Wildman–Crippen MR) is 111 cm³/mol. The van der Waals surface area contributed by atoms with Gasteiger partial charge in [-0.15, -0.1) is 0 Å². The van der Waals surface area contributed by atoms with E-state index < -0.39 is 10.0 Å². The maximum absolute atomic E-state index is 12.4. The van der Waals surface area contributed by atoms with E-state index in [4.69, 9.17) is 34.8 Å². The Kier molecular flexibility index (Phi) is 6.42. The molecule has 0 aliphatic rings. The molecular weight excluding hydrogens is 445 g/mol. The van der Waals surface area contributed by atoms with Crippen molar-refractivity contribution in [2.24, 2.45) is 0 Å². The topological polar surface area (TPSA) is 81.1 Å². The molecule has 2 aromatic carbocycles. The SMILES string of the molecule is O=c1ccc(-c2ccc(Cl)cc2)nn1CCNS(=O)(=O)c1cc(Cl)ccc1Cl. The highest BCUT2D eigenvalue weighted by molar-refractivity contribution is 7.89. The van der Waals surface area contributed by atoms with E-state index in [1.807, 2.05) is 0 Å². The van der Waals surface area contributed by atoms with Crippen molar-refractivity contribution >= 4 is 44.8 Å². The van der Waals surface area contributed by atoms with Crippen LogP contribution < -0.4 is 10.3 Å². The minimum atomic E-state index is -3.89. The van der Waals surface area contributed by atoms with E-state index in [0.29, 0.717) is 10.7 Å². The molecular formula is C18H14Cl3N3O3S. The monoisotopic (exact) mass is 457 g/mol. The van der Waals surface area contributed by atoms with Crippen LogP contribution in [-0.2, 0) is 16.6 Å². The fourth-order valence-electron chi connectivity index (χ4n) is 2.43. The molecule has 1 N–H and O–H groups in total. The van der Waals surface area contributed by atoms with E-state index in [1.54, 1.807) is 30.3 Å². The molecule has 0 saturated carbocycles. The van der Waals surface area contributed by atoms with Gasteiger partial charge >= 0.3 is 0 Å². The lowest BCUT2D eigenvalue weighted by atomic mass is 10.1. The van der Waals surface area contributed by atoms with Crippen molar-refractivity contribution in [2.75, 3.05) is 6.54 Å². The van der Waals surface area contributed by atoms with Gasteiger partial charge in [0.25, 0.3) is 5.56 Å². The minimum Gasteiger partial charge on any atom is -0.268 e. The van der Waals surface area contributed by atoms with Crippen LogP contribution in [0.25, 0.3) is 11.3 Å². The van der Waals surface area contributed by atoms with E-state index in [1.165, 1.54) is 28.9 Å². The summed E-state index contributed by atoms with van der Waals surface area (Å²) in [5, 5.41) is 5.17. The first kappa shape index (κ1) is 20.8. The predicted octanol–water partition coefficient (Wildman–Crippen LogP) is 3.85. The summed E-state index contributed by atoms with van der Waals surface area (Å²) >= 11 is 17.7. The fourth-order valence-corrected chi connectivity index (χ4v) is 4.34. The summed E-state index contributed by atoms with van der Waals surface area (Å²) in [6.07, 6.45) is 0. The number of hydrogen-bond donors (Lipinski definition) is 1. The van der Waals surface area contributed by atoms with E-state index in [-0.39, 0.29) is 33.6 Å². The van der Waals surface area contributed by atoms with Crippen molar-refractivity contribution < 1.29 is 8.42 Å². The molecule has 3 aromatic rings. The number of nitrogens with zero attached hydrogens (tertiary/aromatic N) is 2. The Labute approximate surface area is 176 Å². The molecule has 0 aliphatic carbocycles. The first-order valence-electron chi connectivity index (χ1n) is 8.05. The van der Waals surface area contributed by atoms with E-state index in [2.05, 4.69) is 9.82 Å². The van der Waals surface area contributed by atoms with Crippen molar-refractivity contribution in [3.8, 4) is 11.3 Å². The maximum Gasteiger partial charge on any atom is 0.266 e. The smallest absolute Gasteiger partial charge is 0.266 e. The van der Waals surface area contributed by atoms with Crippen molar-refractivity contribution in [3.05, 3.63) is 80.0 Å². The zero-order valence-corrected chi connectivity index (χ0v) is 17.4. The Morgan fingerprint density at radius 2 is 1.61 bits per heavy atom. The van der Waals surface area contributed by atoms with Crippen molar-refractivity contribution in [1.82, 2.24) is 14.5 Å². The normalized spacial score (nSPS) is 11.5. The van der Waals surface area contributed by atoms with Gasteiger partial charge in [-0.25, -0.2) is 17.8 Å². The average molecular weight is 459 g/mol. The Balaban J connectivity index is 1.76. The summed E-state index contributed by atoms with van der Waals surface area (Å²) in [5.41, 5.74) is 0.999. The number of benzene rings is 2. The Hall–Kier alpha value is -1.90. The zero-order valence-electron chi connectivity index (χ0n) is 14.3. The molecule has 1 heterocycles. The number of rotatable bonds is 6. The van der Waals surface area contributed by atoms with Crippen LogP contribution in [0, 0.1) is 0 Å². The van der Waals surface area contributed by atoms with Crippen molar-refractivity contribution in [1.29, 1.82) is 0 Å². The van der Waals surface area contributed by atoms with Crippen molar-refractivity contribution in [2.45, 2.75) is 11.4 Å². The number of sulfonamides is 1. The highest BCUT2D eigenvalue weighted by Gasteiger charge is 2.18. The summed E-state index contributed by atoms with van der Waals surface area (Å²) in [6, 6.07) is 14.1. The van der Waals surface area contributed by atoms with Crippen molar-refractivity contribution in [3.63, 3.8) is 0 Å². The zero-order chi connectivity index (χ0) is 20.3. The molecule has 0 fully saturated rings. The Bertz CT molecular complexity index is 1160.